The van der Waals surface area contributed by atoms with Gasteiger partial charge < -0.3 is 20.0 Å². The molecule has 6 heteroatoms. The van der Waals surface area contributed by atoms with Gasteiger partial charge in [-0.15, -0.1) is 24.0 Å². The van der Waals surface area contributed by atoms with Gasteiger partial charge in [-0.2, -0.15) is 0 Å². The molecule has 5 nitrogen and oxygen atoms in total. The Morgan fingerprint density at radius 1 is 1.26 bits per heavy atom. The molecule has 1 fully saturated rings. The van der Waals surface area contributed by atoms with Crippen LogP contribution in [0.15, 0.2) is 27.8 Å². The number of halogens is 1. The van der Waals surface area contributed by atoms with Crippen LogP contribution in [0.5, 0.6) is 0 Å². The van der Waals surface area contributed by atoms with Crippen molar-refractivity contribution in [3.8, 4) is 0 Å². The summed E-state index contributed by atoms with van der Waals surface area (Å²) < 4.78 is 5.32. The summed E-state index contributed by atoms with van der Waals surface area (Å²) in [4.78, 5) is 6.82. The van der Waals surface area contributed by atoms with E-state index in [2.05, 4.69) is 34.4 Å². The lowest BCUT2D eigenvalue weighted by molar-refractivity contribution is 0.143. The zero-order valence-electron chi connectivity index (χ0n) is 14.5. The quantitative estimate of drug-likeness (QED) is 0.411. The van der Waals surface area contributed by atoms with Crippen molar-refractivity contribution in [3.63, 3.8) is 0 Å². The molecule has 2 heterocycles. The molecule has 2 N–H and O–H groups in total. The first-order chi connectivity index (χ1) is 10.7. The minimum absolute atomic E-state index is 0. The molecule has 0 aliphatic carbocycles. The van der Waals surface area contributed by atoms with Crippen LogP contribution in [0.2, 0.25) is 0 Å². The molecule has 1 aromatic rings. The van der Waals surface area contributed by atoms with Crippen LogP contribution in [0, 0.1) is 11.8 Å². The van der Waals surface area contributed by atoms with E-state index in [1.165, 1.54) is 19.5 Å². The molecule has 1 aliphatic heterocycles. The van der Waals surface area contributed by atoms with Crippen molar-refractivity contribution in [1.29, 1.82) is 0 Å². The first-order valence-corrected chi connectivity index (χ1v) is 8.36. The predicted molar refractivity (Wildman–Crippen MR) is 107 cm³/mol. The first kappa shape index (κ1) is 20.3. The average molecular weight is 434 g/mol. The Bertz CT molecular complexity index is 439. The monoisotopic (exact) mass is 434 g/mol. The van der Waals surface area contributed by atoms with E-state index >= 15 is 0 Å². The third-order valence-corrected chi connectivity index (χ3v) is 4.13. The summed E-state index contributed by atoms with van der Waals surface area (Å²) in [7, 11) is 1.81. The van der Waals surface area contributed by atoms with Crippen molar-refractivity contribution in [3.05, 3.63) is 24.2 Å². The molecule has 1 aromatic heterocycles. The fraction of sp³-hybridized carbons (Fsp3) is 0.706. The number of rotatable bonds is 6. The van der Waals surface area contributed by atoms with E-state index in [1.807, 2.05) is 19.2 Å². The highest BCUT2D eigenvalue weighted by Gasteiger charge is 2.21. The van der Waals surface area contributed by atoms with Gasteiger partial charge in [-0.3, -0.25) is 4.99 Å². The number of guanidine groups is 1. The molecule has 0 spiro atoms. The highest BCUT2D eigenvalue weighted by molar-refractivity contribution is 14.0. The largest absolute Gasteiger partial charge is 0.469 e. The fourth-order valence-corrected chi connectivity index (χ4v) is 3.29. The lowest BCUT2D eigenvalue weighted by Crippen LogP contribution is -2.45. The normalized spacial score (nSPS) is 22.5. The Balaban J connectivity index is 0.00000264. The number of nitrogens with one attached hydrogen (secondary N) is 2. The number of likely N-dealkylation sites (tertiary alicyclic amines) is 1. The number of hydrogen-bond acceptors (Lipinski definition) is 3. The second-order valence-corrected chi connectivity index (χ2v) is 6.46. The van der Waals surface area contributed by atoms with Gasteiger partial charge in [0.2, 0.25) is 0 Å². The summed E-state index contributed by atoms with van der Waals surface area (Å²) in [6.45, 7) is 9.97. The topological polar surface area (TPSA) is 52.8 Å². The Labute approximate surface area is 157 Å². The van der Waals surface area contributed by atoms with Crippen LogP contribution in [0.25, 0.3) is 0 Å². The van der Waals surface area contributed by atoms with Gasteiger partial charge in [0.05, 0.1) is 6.26 Å². The highest BCUT2D eigenvalue weighted by atomic mass is 127. The Hall–Kier alpha value is -0.760. The molecule has 132 valence electrons. The summed E-state index contributed by atoms with van der Waals surface area (Å²) in [6.07, 6.45) is 3.94. The van der Waals surface area contributed by atoms with E-state index in [4.69, 9.17) is 4.42 Å². The molecule has 0 aromatic carbocycles. The number of aliphatic imine (C=N–C) groups is 1. The maximum atomic E-state index is 5.32. The van der Waals surface area contributed by atoms with Crippen LogP contribution >= 0.6 is 24.0 Å². The second kappa shape index (κ2) is 10.9. The zero-order chi connectivity index (χ0) is 15.8. The van der Waals surface area contributed by atoms with Crippen LogP contribution in [-0.4, -0.2) is 50.6 Å². The van der Waals surface area contributed by atoms with Gasteiger partial charge in [-0.05, 0) is 30.4 Å². The van der Waals surface area contributed by atoms with Crippen molar-refractivity contribution in [2.75, 3.05) is 39.8 Å². The van der Waals surface area contributed by atoms with E-state index in [-0.39, 0.29) is 24.0 Å². The summed E-state index contributed by atoms with van der Waals surface area (Å²) in [6, 6.07) is 3.92. The van der Waals surface area contributed by atoms with Crippen LogP contribution in [0.3, 0.4) is 0 Å². The first-order valence-electron chi connectivity index (χ1n) is 8.36. The Morgan fingerprint density at radius 2 is 1.96 bits per heavy atom. The van der Waals surface area contributed by atoms with Crippen molar-refractivity contribution < 1.29 is 4.42 Å². The predicted octanol–water partition coefficient (Wildman–Crippen LogP) is 2.58. The third-order valence-electron chi connectivity index (χ3n) is 4.13. The van der Waals surface area contributed by atoms with E-state index < -0.39 is 0 Å². The van der Waals surface area contributed by atoms with Crippen molar-refractivity contribution in [2.24, 2.45) is 16.8 Å². The van der Waals surface area contributed by atoms with Crippen LogP contribution < -0.4 is 10.6 Å². The SMILES string of the molecule is CN=C(NCCc1ccco1)NCCN1CC(C)CC(C)C1.I. The van der Waals surface area contributed by atoms with Crippen molar-refractivity contribution in [2.45, 2.75) is 26.7 Å². The summed E-state index contributed by atoms with van der Waals surface area (Å²) in [5.74, 6) is 3.49. The lowest BCUT2D eigenvalue weighted by Gasteiger charge is -2.35. The molecule has 0 radical (unpaired) electrons. The molecule has 2 rings (SSSR count). The molecule has 23 heavy (non-hydrogen) atoms. The lowest BCUT2D eigenvalue weighted by atomic mass is 9.92. The van der Waals surface area contributed by atoms with Gasteiger partial charge in [-0.1, -0.05) is 13.8 Å². The minimum atomic E-state index is 0. The molecule has 2 atom stereocenters. The van der Waals surface area contributed by atoms with Crippen LogP contribution in [-0.2, 0) is 6.42 Å². The highest BCUT2D eigenvalue weighted by Crippen LogP contribution is 2.20. The molecule has 1 aliphatic rings. The molecule has 0 saturated carbocycles. The second-order valence-electron chi connectivity index (χ2n) is 6.46. The van der Waals surface area contributed by atoms with Gasteiger partial charge in [0.25, 0.3) is 0 Å². The van der Waals surface area contributed by atoms with Gasteiger partial charge in [-0.25, -0.2) is 0 Å². The average Bonchev–Trinajstić information content (AvgIpc) is 2.98. The summed E-state index contributed by atoms with van der Waals surface area (Å²) in [5.41, 5.74) is 0. The summed E-state index contributed by atoms with van der Waals surface area (Å²) >= 11 is 0. The number of furan rings is 1. The van der Waals surface area contributed by atoms with Crippen molar-refractivity contribution >= 4 is 29.9 Å². The van der Waals surface area contributed by atoms with Gasteiger partial charge in [0, 0.05) is 46.2 Å². The zero-order valence-corrected chi connectivity index (χ0v) is 16.9. The van der Waals surface area contributed by atoms with Crippen LogP contribution in [0.4, 0.5) is 0 Å². The minimum Gasteiger partial charge on any atom is -0.469 e. The molecule has 0 bridgehead atoms. The molecule has 2 unspecified atom stereocenters. The third kappa shape index (κ3) is 7.56. The molecule has 0 amide bonds. The Kier molecular flexibility index (Phi) is 9.62. The number of hydrogen-bond donors (Lipinski definition) is 2. The maximum absolute atomic E-state index is 5.32. The summed E-state index contributed by atoms with van der Waals surface area (Å²) in [5, 5.41) is 6.72. The van der Waals surface area contributed by atoms with Gasteiger partial charge in [0.1, 0.15) is 5.76 Å². The Morgan fingerprint density at radius 3 is 2.57 bits per heavy atom. The van der Waals surface area contributed by atoms with E-state index in [1.54, 1.807) is 6.26 Å². The van der Waals surface area contributed by atoms with Crippen molar-refractivity contribution in [1.82, 2.24) is 15.5 Å². The number of piperidine rings is 1. The molecule has 1 saturated heterocycles. The smallest absolute Gasteiger partial charge is 0.191 e. The molecular weight excluding hydrogens is 403 g/mol. The number of nitrogens with zero attached hydrogens (tertiary/aromatic N) is 2. The van der Waals surface area contributed by atoms with E-state index in [0.717, 1.165) is 49.6 Å². The van der Waals surface area contributed by atoms with Gasteiger partial charge >= 0.3 is 0 Å². The standard InChI is InChI=1S/C17H30N4O.HI/c1-14-11-15(2)13-21(12-14)9-8-20-17(18-3)19-7-6-16-5-4-10-22-16;/h4-5,10,14-15H,6-9,11-13H2,1-3H3,(H2,18,19,20);1H. The van der Waals surface area contributed by atoms with Gasteiger partial charge in [0.15, 0.2) is 5.96 Å². The van der Waals surface area contributed by atoms with E-state index in [9.17, 15) is 0 Å². The maximum Gasteiger partial charge on any atom is 0.191 e. The molecular formula is C17H31IN4O. The van der Waals surface area contributed by atoms with E-state index in [0.29, 0.717) is 0 Å². The fourth-order valence-electron chi connectivity index (χ4n) is 3.29. The van der Waals surface area contributed by atoms with Crippen LogP contribution in [0.1, 0.15) is 26.0 Å².